The normalized spacial score (nSPS) is 18.2. The van der Waals surface area contributed by atoms with Crippen LogP contribution in [0.25, 0.3) is 0 Å². The van der Waals surface area contributed by atoms with Gasteiger partial charge in [-0.3, -0.25) is 4.79 Å². The monoisotopic (exact) mass is 396 g/mol. The van der Waals surface area contributed by atoms with Gasteiger partial charge in [0.25, 0.3) is 5.91 Å². The van der Waals surface area contributed by atoms with E-state index in [1.807, 2.05) is 49.9 Å². The highest BCUT2D eigenvalue weighted by Gasteiger charge is 2.28. The number of amides is 2. The molecule has 132 valence electrons. The zero-order valence-electron chi connectivity index (χ0n) is 14.5. The Kier molecular flexibility index (Phi) is 6.27. The van der Waals surface area contributed by atoms with Crippen LogP contribution in [0.4, 0.5) is 4.79 Å². The van der Waals surface area contributed by atoms with Crippen molar-refractivity contribution < 1.29 is 14.3 Å². The number of carbonyl (C=O) groups is 2. The molecule has 1 heterocycles. The Morgan fingerprint density at radius 2 is 2.08 bits per heavy atom. The summed E-state index contributed by atoms with van der Waals surface area (Å²) < 4.78 is 6.15. The van der Waals surface area contributed by atoms with Crippen LogP contribution in [0.3, 0.4) is 0 Å². The van der Waals surface area contributed by atoms with Gasteiger partial charge >= 0.3 is 6.09 Å². The summed E-state index contributed by atoms with van der Waals surface area (Å²) in [4.78, 5) is 26.5. The molecule has 1 aromatic rings. The predicted molar refractivity (Wildman–Crippen MR) is 97.1 cm³/mol. The number of piperidine rings is 1. The Bertz CT molecular complexity index is 598. The number of hydrogen-bond donors (Lipinski definition) is 1. The number of benzene rings is 1. The first-order valence-corrected chi connectivity index (χ1v) is 9.09. The van der Waals surface area contributed by atoms with Gasteiger partial charge in [0.2, 0.25) is 0 Å². The van der Waals surface area contributed by atoms with Gasteiger partial charge in [-0.2, -0.15) is 0 Å². The Balaban J connectivity index is 2.00. The molecule has 6 heteroatoms. The number of likely N-dealkylation sites (tertiary alicyclic amines) is 1. The van der Waals surface area contributed by atoms with Crippen LogP contribution in [0.5, 0.6) is 0 Å². The first-order valence-electron chi connectivity index (χ1n) is 8.29. The molecule has 1 unspecified atom stereocenters. The molecule has 2 rings (SSSR count). The van der Waals surface area contributed by atoms with E-state index in [1.54, 1.807) is 0 Å². The summed E-state index contributed by atoms with van der Waals surface area (Å²) in [6.07, 6.45) is 2.49. The van der Waals surface area contributed by atoms with Gasteiger partial charge in [-0.1, -0.05) is 22.0 Å². The van der Waals surface area contributed by atoms with Gasteiger partial charge in [0.1, 0.15) is 5.60 Å². The summed E-state index contributed by atoms with van der Waals surface area (Å²) in [7, 11) is 0. The van der Waals surface area contributed by atoms with Gasteiger partial charge in [0.05, 0.1) is 0 Å². The lowest BCUT2D eigenvalue weighted by Gasteiger charge is -2.36. The van der Waals surface area contributed by atoms with Crippen molar-refractivity contribution >= 4 is 27.9 Å². The molecule has 24 heavy (non-hydrogen) atoms. The summed E-state index contributed by atoms with van der Waals surface area (Å²) in [6.45, 7) is 6.61. The van der Waals surface area contributed by atoms with Crippen molar-refractivity contribution in [2.75, 3.05) is 13.1 Å². The van der Waals surface area contributed by atoms with Crippen molar-refractivity contribution in [1.82, 2.24) is 10.2 Å². The first kappa shape index (κ1) is 18.8. The van der Waals surface area contributed by atoms with Crippen LogP contribution < -0.4 is 5.32 Å². The second kappa shape index (κ2) is 8.01. The zero-order chi connectivity index (χ0) is 17.7. The van der Waals surface area contributed by atoms with Crippen molar-refractivity contribution in [2.45, 2.75) is 51.7 Å². The first-order chi connectivity index (χ1) is 11.3. The van der Waals surface area contributed by atoms with Crippen LogP contribution in [-0.2, 0) is 4.74 Å². The van der Waals surface area contributed by atoms with Crippen molar-refractivity contribution in [1.29, 1.82) is 0 Å². The molecule has 1 aliphatic rings. The lowest BCUT2D eigenvalue weighted by molar-refractivity contribution is 0.0462. The standard InChI is InChI=1S/C18H25BrN2O3/c1-18(2,3)24-17(23)20-12-15-9-4-5-10-21(15)16(22)13-7-6-8-14(19)11-13/h6-8,11,15H,4-5,9-10,12H2,1-3H3,(H,20,23). The highest BCUT2D eigenvalue weighted by Crippen LogP contribution is 2.21. The van der Waals surface area contributed by atoms with Crippen LogP contribution in [0.15, 0.2) is 28.7 Å². The number of nitrogens with one attached hydrogen (secondary N) is 1. The van der Waals surface area contributed by atoms with Crippen molar-refractivity contribution in [3.05, 3.63) is 34.3 Å². The number of nitrogens with zero attached hydrogens (tertiary/aromatic N) is 1. The van der Waals surface area contributed by atoms with E-state index in [0.717, 1.165) is 23.7 Å². The highest BCUT2D eigenvalue weighted by molar-refractivity contribution is 9.10. The Hall–Kier alpha value is -1.56. The molecule has 1 saturated heterocycles. The van der Waals surface area contributed by atoms with E-state index in [-0.39, 0.29) is 11.9 Å². The van der Waals surface area contributed by atoms with Crippen molar-refractivity contribution in [2.24, 2.45) is 0 Å². The lowest BCUT2D eigenvalue weighted by Crippen LogP contribution is -2.50. The topological polar surface area (TPSA) is 58.6 Å². The minimum absolute atomic E-state index is 0.00208. The summed E-state index contributed by atoms with van der Waals surface area (Å²) in [6, 6.07) is 7.40. The van der Waals surface area contributed by atoms with E-state index in [2.05, 4.69) is 21.2 Å². The molecule has 0 spiro atoms. The number of hydrogen-bond acceptors (Lipinski definition) is 3. The minimum Gasteiger partial charge on any atom is -0.444 e. The van der Waals surface area contributed by atoms with E-state index in [9.17, 15) is 9.59 Å². The molecule has 5 nitrogen and oxygen atoms in total. The smallest absolute Gasteiger partial charge is 0.407 e. The molecular formula is C18H25BrN2O3. The van der Waals surface area contributed by atoms with E-state index < -0.39 is 11.7 Å². The number of carbonyl (C=O) groups excluding carboxylic acids is 2. The van der Waals surface area contributed by atoms with Crippen molar-refractivity contribution in [3.63, 3.8) is 0 Å². The van der Waals surface area contributed by atoms with E-state index in [4.69, 9.17) is 4.74 Å². The third kappa shape index (κ3) is 5.51. The van der Waals surface area contributed by atoms with Crippen LogP contribution in [0.2, 0.25) is 0 Å². The Morgan fingerprint density at radius 3 is 2.75 bits per heavy atom. The van der Waals surface area contributed by atoms with Gasteiger partial charge in [0.15, 0.2) is 0 Å². The summed E-state index contributed by atoms with van der Waals surface area (Å²) in [5, 5.41) is 2.79. The molecular weight excluding hydrogens is 372 g/mol. The fourth-order valence-electron chi connectivity index (χ4n) is 2.78. The predicted octanol–water partition coefficient (Wildman–Crippen LogP) is 3.97. The summed E-state index contributed by atoms with van der Waals surface area (Å²) in [5.74, 6) is 0.00647. The van der Waals surface area contributed by atoms with Crippen LogP contribution in [0.1, 0.15) is 50.4 Å². The van der Waals surface area contributed by atoms with Gasteiger partial charge in [-0.05, 0) is 58.2 Å². The lowest BCUT2D eigenvalue weighted by atomic mass is 10.0. The fraction of sp³-hybridized carbons (Fsp3) is 0.556. The number of rotatable bonds is 3. The average Bonchev–Trinajstić information content (AvgIpc) is 2.51. The largest absolute Gasteiger partial charge is 0.444 e. The van der Waals surface area contributed by atoms with Crippen LogP contribution in [0, 0.1) is 0 Å². The minimum atomic E-state index is -0.525. The molecule has 0 aromatic heterocycles. The Labute approximate surface area is 151 Å². The number of ether oxygens (including phenoxy) is 1. The highest BCUT2D eigenvalue weighted by atomic mass is 79.9. The average molecular weight is 397 g/mol. The number of alkyl carbamates (subject to hydrolysis) is 1. The maximum absolute atomic E-state index is 12.8. The van der Waals surface area contributed by atoms with Gasteiger partial charge in [0, 0.05) is 29.2 Å². The fourth-order valence-corrected chi connectivity index (χ4v) is 3.18. The van der Waals surface area contributed by atoms with Gasteiger partial charge in [-0.25, -0.2) is 4.79 Å². The molecule has 0 bridgehead atoms. The molecule has 0 aliphatic carbocycles. The summed E-state index contributed by atoms with van der Waals surface area (Å²) >= 11 is 3.40. The molecule has 1 N–H and O–H groups in total. The molecule has 1 fully saturated rings. The number of halogens is 1. The maximum Gasteiger partial charge on any atom is 0.407 e. The van der Waals surface area contributed by atoms with Crippen LogP contribution >= 0.6 is 15.9 Å². The Morgan fingerprint density at radius 1 is 1.33 bits per heavy atom. The van der Waals surface area contributed by atoms with Gasteiger partial charge < -0.3 is 15.0 Å². The second-order valence-corrected chi connectivity index (χ2v) is 7.96. The van der Waals surface area contributed by atoms with E-state index in [1.165, 1.54) is 0 Å². The van der Waals surface area contributed by atoms with Crippen molar-refractivity contribution in [3.8, 4) is 0 Å². The molecule has 1 aromatic carbocycles. The molecule has 0 radical (unpaired) electrons. The molecule has 0 saturated carbocycles. The molecule has 1 atom stereocenters. The van der Waals surface area contributed by atoms with Gasteiger partial charge in [-0.15, -0.1) is 0 Å². The third-order valence-electron chi connectivity index (χ3n) is 3.84. The molecule has 1 aliphatic heterocycles. The third-order valence-corrected chi connectivity index (χ3v) is 4.33. The van der Waals surface area contributed by atoms with E-state index in [0.29, 0.717) is 18.7 Å². The van der Waals surface area contributed by atoms with E-state index >= 15 is 0 Å². The second-order valence-electron chi connectivity index (χ2n) is 7.04. The SMILES string of the molecule is CC(C)(C)OC(=O)NCC1CCCCN1C(=O)c1cccc(Br)c1. The van der Waals surface area contributed by atoms with Crippen LogP contribution in [-0.4, -0.2) is 41.6 Å². The zero-order valence-corrected chi connectivity index (χ0v) is 16.1. The quantitative estimate of drug-likeness (QED) is 0.840. The molecule has 2 amide bonds. The summed E-state index contributed by atoms with van der Waals surface area (Å²) in [5.41, 5.74) is 0.135. The maximum atomic E-state index is 12.8.